The Kier molecular flexibility index (Phi) is 2.97. The molecule has 0 aliphatic carbocycles. The van der Waals surface area contributed by atoms with Crippen LogP contribution in [0, 0.1) is 11.3 Å². The van der Waals surface area contributed by atoms with Crippen LogP contribution in [-0.2, 0) is 0 Å². The second-order valence-electron chi connectivity index (χ2n) is 4.09. The van der Waals surface area contributed by atoms with Gasteiger partial charge in [0.15, 0.2) is 0 Å². The van der Waals surface area contributed by atoms with Gasteiger partial charge in [-0.15, -0.1) is 0 Å². The zero-order chi connectivity index (χ0) is 11.5. The molecule has 0 saturated heterocycles. The van der Waals surface area contributed by atoms with Gasteiger partial charge in [-0.25, -0.2) is 0 Å². The lowest BCUT2D eigenvalue weighted by Crippen LogP contribution is -2.44. The van der Waals surface area contributed by atoms with E-state index in [2.05, 4.69) is 35.0 Å². The highest BCUT2D eigenvalue weighted by Gasteiger charge is 2.20. The van der Waals surface area contributed by atoms with Crippen molar-refractivity contribution in [2.45, 2.75) is 6.04 Å². The lowest BCUT2D eigenvalue weighted by Gasteiger charge is -2.37. The van der Waals surface area contributed by atoms with Crippen molar-refractivity contribution in [3.05, 3.63) is 24.3 Å². The van der Waals surface area contributed by atoms with Crippen LogP contribution in [-0.4, -0.2) is 32.7 Å². The summed E-state index contributed by atoms with van der Waals surface area (Å²) in [6.45, 7) is 2.49. The summed E-state index contributed by atoms with van der Waals surface area (Å²) in [4.78, 5) is 4.41. The SMILES string of the molecule is CN1CCN(CC(N)C#N)c2ccccc21. The van der Waals surface area contributed by atoms with Gasteiger partial charge in [-0.1, -0.05) is 12.1 Å². The zero-order valence-corrected chi connectivity index (χ0v) is 9.43. The average Bonchev–Trinajstić information content (AvgIpc) is 2.33. The molecule has 1 heterocycles. The highest BCUT2D eigenvalue weighted by atomic mass is 15.3. The number of hydrogen-bond acceptors (Lipinski definition) is 4. The Balaban J connectivity index is 2.25. The van der Waals surface area contributed by atoms with Gasteiger partial charge in [0.25, 0.3) is 0 Å². The normalized spacial score (nSPS) is 16.6. The quantitative estimate of drug-likeness (QED) is 0.794. The predicted molar refractivity (Wildman–Crippen MR) is 65.5 cm³/mol. The van der Waals surface area contributed by atoms with E-state index >= 15 is 0 Å². The summed E-state index contributed by atoms with van der Waals surface area (Å²) < 4.78 is 0. The van der Waals surface area contributed by atoms with Crippen LogP contribution >= 0.6 is 0 Å². The molecule has 0 radical (unpaired) electrons. The standard InChI is InChI=1S/C12H16N4/c1-15-6-7-16(9-10(14)8-13)12-5-3-2-4-11(12)15/h2-5,10H,6-7,9,14H2,1H3. The molecule has 1 aliphatic heterocycles. The fourth-order valence-corrected chi connectivity index (χ4v) is 2.03. The first-order valence-electron chi connectivity index (χ1n) is 5.42. The van der Waals surface area contributed by atoms with Gasteiger partial charge in [-0.05, 0) is 12.1 Å². The minimum atomic E-state index is -0.420. The van der Waals surface area contributed by atoms with Crippen molar-refractivity contribution in [1.29, 1.82) is 5.26 Å². The smallest absolute Gasteiger partial charge is 0.110 e. The number of fused-ring (bicyclic) bond motifs is 1. The summed E-state index contributed by atoms with van der Waals surface area (Å²) in [6, 6.07) is 9.88. The second-order valence-corrected chi connectivity index (χ2v) is 4.09. The number of nitriles is 1. The molecule has 0 fully saturated rings. The Bertz CT molecular complexity index is 410. The molecule has 2 rings (SSSR count). The molecule has 1 aromatic carbocycles. The van der Waals surface area contributed by atoms with E-state index in [9.17, 15) is 0 Å². The Morgan fingerprint density at radius 1 is 1.38 bits per heavy atom. The number of benzene rings is 1. The van der Waals surface area contributed by atoms with E-state index in [1.807, 2.05) is 12.1 Å². The fraction of sp³-hybridized carbons (Fsp3) is 0.417. The van der Waals surface area contributed by atoms with Crippen molar-refractivity contribution in [3.63, 3.8) is 0 Å². The van der Waals surface area contributed by atoms with E-state index < -0.39 is 6.04 Å². The Labute approximate surface area is 95.9 Å². The third-order valence-corrected chi connectivity index (χ3v) is 2.92. The molecule has 0 spiro atoms. The van der Waals surface area contributed by atoms with Gasteiger partial charge in [0.2, 0.25) is 0 Å². The topological polar surface area (TPSA) is 56.3 Å². The van der Waals surface area contributed by atoms with Crippen molar-refractivity contribution in [1.82, 2.24) is 0 Å². The maximum atomic E-state index is 8.75. The van der Waals surface area contributed by atoms with E-state index in [0.717, 1.165) is 13.1 Å². The molecule has 1 aliphatic rings. The molecule has 0 bridgehead atoms. The van der Waals surface area contributed by atoms with Gasteiger partial charge < -0.3 is 15.5 Å². The van der Waals surface area contributed by atoms with Gasteiger partial charge in [0.05, 0.1) is 17.4 Å². The third kappa shape index (κ3) is 1.95. The van der Waals surface area contributed by atoms with E-state index in [-0.39, 0.29) is 0 Å². The number of para-hydroxylation sites is 2. The fourth-order valence-electron chi connectivity index (χ4n) is 2.03. The monoisotopic (exact) mass is 216 g/mol. The average molecular weight is 216 g/mol. The highest BCUT2D eigenvalue weighted by molar-refractivity contribution is 5.73. The summed E-state index contributed by atoms with van der Waals surface area (Å²) in [5.74, 6) is 0. The van der Waals surface area contributed by atoms with Crippen molar-refractivity contribution < 1.29 is 0 Å². The van der Waals surface area contributed by atoms with Crippen molar-refractivity contribution in [3.8, 4) is 6.07 Å². The summed E-state index contributed by atoms with van der Waals surface area (Å²) in [5, 5.41) is 8.75. The van der Waals surface area contributed by atoms with Gasteiger partial charge >= 0.3 is 0 Å². The van der Waals surface area contributed by atoms with E-state index in [1.54, 1.807) is 0 Å². The summed E-state index contributed by atoms with van der Waals surface area (Å²) in [6.07, 6.45) is 0. The van der Waals surface area contributed by atoms with Crippen LogP contribution in [0.15, 0.2) is 24.3 Å². The molecule has 84 valence electrons. The Hall–Kier alpha value is -1.73. The molecule has 1 unspecified atom stereocenters. The summed E-state index contributed by atoms with van der Waals surface area (Å²) >= 11 is 0. The molecule has 0 saturated carbocycles. The van der Waals surface area contributed by atoms with Crippen LogP contribution in [0.5, 0.6) is 0 Å². The van der Waals surface area contributed by atoms with Gasteiger partial charge in [0, 0.05) is 26.7 Å². The summed E-state index contributed by atoms with van der Waals surface area (Å²) in [5.41, 5.74) is 8.05. The second kappa shape index (κ2) is 4.42. The number of likely N-dealkylation sites (N-methyl/N-ethyl adjacent to an activating group) is 1. The molecule has 2 N–H and O–H groups in total. The molecular formula is C12H16N4. The molecule has 4 nitrogen and oxygen atoms in total. The van der Waals surface area contributed by atoms with Crippen LogP contribution in [0.25, 0.3) is 0 Å². The van der Waals surface area contributed by atoms with Crippen molar-refractivity contribution >= 4 is 11.4 Å². The number of hydrogen-bond donors (Lipinski definition) is 1. The summed E-state index contributed by atoms with van der Waals surface area (Å²) in [7, 11) is 2.08. The largest absolute Gasteiger partial charge is 0.371 e. The minimum absolute atomic E-state index is 0.420. The first-order chi connectivity index (χ1) is 7.72. The molecule has 1 aromatic rings. The predicted octanol–water partition coefficient (Wildman–Crippen LogP) is 0.794. The van der Waals surface area contributed by atoms with Gasteiger partial charge in [-0.2, -0.15) is 5.26 Å². The highest BCUT2D eigenvalue weighted by Crippen LogP contribution is 2.31. The van der Waals surface area contributed by atoms with E-state index in [1.165, 1.54) is 11.4 Å². The zero-order valence-electron chi connectivity index (χ0n) is 9.43. The number of rotatable bonds is 2. The van der Waals surface area contributed by atoms with E-state index in [4.69, 9.17) is 11.0 Å². The van der Waals surface area contributed by atoms with Crippen LogP contribution in [0.4, 0.5) is 11.4 Å². The first-order valence-corrected chi connectivity index (χ1v) is 5.42. The molecule has 0 amide bonds. The van der Waals surface area contributed by atoms with Gasteiger partial charge in [0.1, 0.15) is 6.04 Å². The van der Waals surface area contributed by atoms with Crippen molar-refractivity contribution in [2.24, 2.45) is 5.73 Å². The molecular weight excluding hydrogens is 200 g/mol. The van der Waals surface area contributed by atoms with E-state index in [0.29, 0.717) is 6.54 Å². The number of anilines is 2. The van der Waals surface area contributed by atoms with Crippen LogP contribution in [0.3, 0.4) is 0 Å². The molecule has 16 heavy (non-hydrogen) atoms. The van der Waals surface area contributed by atoms with Crippen molar-refractivity contribution in [2.75, 3.05) is 36.5 Å². The molecule has 4 heteroatoms. The Morgan fingerprint density at radius 3 is 2.75 bits per heavy atom. The minimum Gasteiger partial charge on any atom is -0.371 e. The first kappa shape index (κ1) is 10.8. The number of nitrogens with zero attached hydrogens (tertiary/aromatic N) is 3. The van der Waals surface area contributed by atoms with Crippen LogP contribution in [0.1, 0.15) is 0 Å². The lowest BCUT2D eigenvalue weighted by atomic mass is 10.1. The lowest BCUT2D eigenvalue weighted by molar-refractivity contribution is 0.694. The Morgan fingerprint density at radius 2 is 2.06 bits per heavy atom. The third-order valence-electron chi connectivity index (χ3n) is 2.92. The van der Waals surface area contributed by atoms with Crippen LogP contribution < -0.4 is 15.5 Å². The maximum Gasteiger partial charge on any atom is 0.110 e. The maximum absolute atomic E-state index is 8.75. The van der Waals surface area contributed by atoms with Crippen LogP contribution in [0.2, 0.25) is 0 Å². The number of nitrogens with two attached hydrogens (primary N) is 1. The molecule has 1 atom stereocenters. The molecule has 0 aromatic heterocycles. The van der Waals surface area contributed by atoms with Gasteiger partial charge in [-0.3, -0.25) is 0 Å².